The highest BCUT2D eigenvalue weighted by Gasteiger charge is 2.09. The molecule has 0 spiro atoms. The highest BCUT2D eigenvalue weighted by molar-refractivity contribution is 5.80. The number of rotatable bonds is 6. The number of ether oxygens (including phenoxy) is 1. The molecule has 0 aliphatic rings. The van der Waals surface area contributed by atoms with E-state index in [4.69, 9.17) is 4.74 Å². The summed E-state index contributed by atoms with van der Waals surface area (Å²) in [7, 11) is 0. The molecule has 0 aliphatic carbocycles. The van der Waals surface area contributed by atoms with E-state index < -0.39 is 0 Å². The van der Waals surface area contributed by atoms with E-state index in [1.54, 1.807) is 12.2 Å². The van der Waals surface area contributed by atoms with Crippen LogP contribution in [0, 0.1) is 6.92 Å². The molecule has 0 saturated heterocycles. The van der Waals surface area contributed by atoms with Crippen LogP contribution in [0.5, 0.6) is 5.75 Å². The van der Waals surface area contributed by atoms with Crippen molar-refractivity contribution in [1.29, 1.82) is 0 Å². The molecule has 0 unspecified atom stereocenters. The SMILES string of the molecule is C=CCOc1c(C=O)cc(C)cc1CC=C. The number of benzene rings is 1. The van der Waals surface area contributed by atoms with Crippen LogP contribution in [0.4, 0.5) is 0 Å². The Bertz CT molecular complexity index is 405. The third-order valence-electron chi connectivity index (χ3n) is 2.18. The van der Waals surface area contributed by atoms with Crippen molar-refractivity contribution in [2.75, 3.05) is 6.61 Å². The molecule has 84 valence electrons. The molecular formula is C14H16O2. The van der Waals surface area contributed by atoms with Gasteiger partial charge in [-0.05, 0) is 30.5 Å². The molecule has 0 saturated carbocycles. The maximum Gasteiger partial charge on any atom is 0.153 e. The minimum Gasteiger partial charge on any atom is -0.488 e. The highest BCUT2D eigenvalue weighted by atomic mass is 16.5. The van der Waals surface area contributed by atoms with Crippen molar-refractivity contribution >= 4 is 6.29 Å². The first-order chi connectivity index (χ1) is 7.72. The van der Waals surface area contributed by atoms with Crippen LogP contribution < -0.4 is 4.74 Å². The first kappa shape index (κ1) is 12.2. The lowest BCUT2D eigenvalue weighted by atomic mass is 10.0. The van der Waals surface area contributed by atoms with Gasteiger partial charge in [0.25, 0.3) is 0 Å². The van der Waals surface area contributed by atoms with E-state index in [1.807, 2.05) is 19.1 Å². The van der Waals surface area contributed by atoms with E-state index in [1.165, 1.54) is 0 Å². The van der Waals surface area contributed by atoms with Crippen molar-refractivity contribution in [3.63, 3.8) is 0 Å². The summed E-state index contributed by atoms with van der Waals surface area (Å²) in [5.41, 5.74) is 2.61. The Kier molecular flexibility index (Phi) is 4.52. The molecule has 2 heteroatoms. The molecule has 16 heavy (non-hydrogen) atoms. The Morgan fingerprint density at radius 3 is 2.62 bits per heavy atom. The predicted octanol–water partition coefficient (Wildman–Crippen LogP) is 3.10. The fraction of sp³-hybridized carbons (Fsp3) is 0.214. The zero-order valence-electron chi connectivity index (χ0n) is 9.53. The Labute approximate surface area is 96.2 Å². The number of aryl methyl sites for hydroxylation is 1. The van der Waals surface area contributed by atoms with Crippen LogP contribution in [0.15, 0.2) is 37.4 Å². The minimum atomic E-state index is 0.397. The summed E-state index contributed by atoms with van der Waals surface area (Å²) in [6, 6.07) is 3.82. The van der Waals surface area contributed by atoms with E-state index in [2.05, 4.69) is 13.2 Å². The summed E-state index contributed by atoms with van der Waals surface area (Å²) in [5.74, 6) is 0.639. The molecule has 0 atom stereocenters. The molecule has 0 fully saturated rings. The Hall–Kier alpha value is -1.83. The number of hydrogen-bond donors (Lipinski definition) is 0. The van der Waals surface area contributed by atoms with Gasteiger partial charge in [0.1, 0.15) is 12.4 Å². The number of hydrogen-bond acceptors (Lipinski definition) is 2. The van der Waals surface area contributed by atoms with Crippen LogP contribution in [0.1, 0.15) is 21.5 Å². The lowest BCUT2D eigenvalue weighted by Crippen LogP contribution is -2.01. The standard InChI is InChI=1S/C14H16O2/c1-4-6-12-8-11(3)9-13(10-15)14(12)16-7-5-2/h4-5,8-10H,1-2,6-7H2,3H3. The summed E-state index contributed by atoms with van der Waals surface area (Å²) >= 11 is 0. The molecule has 0 N–H and O–H groups in total. The van der Waals surface area contributed by atoms with Crippen molar-refractivity contribution in [1.82, 2.24) is 0 Å². The Morgan fingerprint density at radius 2 is 2.06 bits per heavy atom. The van der Waals surface area contributed by atoms with E-state index in [0.29, 0.717) is 24.3 Å². The first-order valence-electron chi connectivity index (χ1n) is 5.16. The van der Waals surface area contributed by atoms with Gasteiger partial charge in [0.05, 0.1) is 5.56 Å². The van der Waals surface area contributed by atoms with Crippen LogP contribution in [0.3, 0.4) is 0 Å². The molecule has 0 amide bonds. The molecule has 2 nitrogen and oxygen atoms in total. The minimum absolute atomic E-state index is 0.397. The summed E-state index contributed by atoms with van der Waals surface area (Å²) in [5, 5.41) is 0. The molecule has 0 aromatic heterocycles. The van der Waals surface area contributed by atoms with E-state index >= 15 is 0 Å². The second-order valence-electron chi connectivity index (χ2n) is 3.55. The normalized spacial score (nSPS) is 9.56. The average molecular weight is 216 g/mol. The van der Waals surface area contributed by atoms with Crippen molar-refractivity contribution in [2.24, 2.45) is 0 Å². The molecular weight excluding hydrogens is 200 g/mol. The van der Waals surface area contributed by atoms with E-state index in [-0.39, 0.29) is 0 Å². The first-order valence-corrected chi connectivity index (χ1v) is 5.16. The van der Waals surface area contributed by atoms with Crippen molar-refractivity contribution in [3.8, 4) is 5.75 Å². The third-order valence-corrected chi connectivity index (χ3v) is 2.18. The lowest BCUT2D eigenvalue weighted by molar-refractivity contribution is 0.112. The van der Waals surface area contributed by atoms with Gasteiger partial charge in [-0.1, -0.05) is 24.8 Å². The largest absolute Gasteiger partial charge is 0.488 e. The second-order valence-corrected chi connectivity index (χ2v) is 3.55. The van der Waals surface area contributed by atoms with Crippen LogP contribution in [0.2, 0.25) is 0 Å². The molecule has 1 rings (SSSR count). The number of carbonyl (C=O) groups is 1. The van der Waals surface area contributed by atoms with Gasteiger partial charge in [0.15, 0.2) is 6.29 Å². The van der Waals surface area contributed by atoms with E-state index in [0.717, 1.165) is 17.4 Å². The summed E-state index contributed by atoms with van der Waals surface area (Å²) in [6.07, 6.45) is 4.96. The topological polar surface area (TPSA) is 26.3 Å². The van der Waals surface area contributed by atoms with Gasteiger partial charge in [-0.25, -0.2) is 0 Å². The monoisotopic (exact) mass is 216 g/mol. The smallest absolute Gasteiger partial charge is 0.153 e. The second kappa shape index (κ2) is 5.91. The highest BCUT2D eigenvalue weighted by Crippen LogP contribution is 2.25. The van der Waals surface area contributed by atoms with Gasteiger partial charge in [0, 0.05) is 0 Å². The summed E-state index contributed by atoms with van der Waals surface area (Å²) in [6.45, 7) is 9.64. The molecule has 0 radical (unpaired) electrons. The van der Waals surface area contributed by atoms with Crippen LogP contribution in [-0.4, -0.2) is 12.9 Å². The average Bonchev–Trinajstić information content (AvgIpc) is 2.27. The van der Waals surface area contributed by atoms with Gasteiger partial charge in [-0.15, -0.1) is 6.58 Å². The molecule has 0 bridgehead atoms. The number of carbonyl (C=O) groups excluding carboxylic acids is 1. The number of allylic oxidation sites excluding steroid dienone is 1. The molecule has 1 aromatic rings. The van der Waals surface area contributed by atoms with Gasteiger partial charge < -0.3 is 4.74 Å². The van der Waals surface area contributed by atoms with Crippen molar-refractivity contribution in [3.05, 3.63) is 54.1 Å². The Morgan fingerprint density at radius 1 is 1.31 bits per heavy atom. The van der Waals surface area contributed by atoms with Gasteiger partial charge in [0.2, 0.25) is 0 Å². The molecule has 0 aliphatic heterocycles. The van der Waals surface area contributed by atoms with E-state index in [9.17, 15) is 4.79 Å². The van der Waals surface area contributed by atoms with Crippen LogP contribution in [-0.2, 0) is 6.42 Å². The summed E-state index contributed by atoms with van der Waals surface area (Å²) in [4.78, 5) is 11.0. The quantitative estimate of drug-likeness (QED) is 0.539. The van der Waals surface area contributed by atoms with Gasteiger partial charge in [-0.3, -0.25) is 4.79 Å². The molecule has 1 aromatic carbocycles. The fourth-order valence-corrected chi connectivity index (χ4v) is 1.59. The zero-order valence-corrected chi connectivity index (χ0v) is 9.53. The zero-order chi connectivity index (χ0) is 12.0. The van der Waals surface area contributed by atoms with Crippen LogP contribution in [0.25, 0.3) is 0 Å². The van der Waals surface area contributed by atoms with Crippen molar-refractivity contribution in [2.45, 2.75) is 13.3 Å². The van der Waals surface area contributed by atoms with Crippen LogP contribution >= 0.6 is 0 Å². The fourth-order valence-electron chi connectivity index (χ4n) is 1.59. The maximum absolute atomic E-state index is 11.0. The predicted molar refractivity (Wildman–Crippen MR) is 66.2 cm³/mol. The summed E-state index contributed by atoms with van der Waals surface area (Å²) < 4.78 is 5.52. The number of aldehydes is 1. The Balaban J connectivity index is 3.19. The van der Waals surface area contributed by atoms with Gasteiger partial charge in [-0.2, -0.15) is 0 Å². The lowest BCUT2D eigenvalue weighted by Gasteiger charge is -2.12. The maximum atomic E-state index is 11.0. The molecule has 0 heterocycles. The third kappa shape index (κ3) is 2.83. The van der Waals surface area contributed by atoms with Gasteiger partial charge >= 0.3 is 0 Å². The van der Waals surface area contributed by atoms with Crippen molar-refractivity contribution < 1.29 is 9.53 Å².